The Hall–Kier alpha value is -6.70. The Morgan fingerprint density at radius 2 is 1.19 bits per heavy atom. The highest BCUT2D eigenvalue weighted by Crippen LogP contribution is 2.43. The number of esters is 2. The first-order valence-corrected chi connectivity index (χ1v) is 21.9. The van der Waals surface area contributed by atoms with E-state index in [-0.39, 0.29) is 34.1 Å². The molecule has 4 aliphatic heterocycles. The minimum atomic E-state index is -2.07. The lowest BCUT2D eigenvalue weighted by Crippen LogP contribution is -2.60. The quantitative estimate of drug-likeness (QED) is 0.0212. The minimum Gasteiger partial charge on any atom is -0.504 e. The van der Waals surface area contributed by atoms with Crippen LogP contribution in [0.1, 0.15) is 12.0 Å². The van der Waals surface area contributed by atoms with E-state index in [9.17, 15) is 80.5 Å². The number of benzene rings is 3. The molecule has 1 aliphatic carbocycles. The van der Waals surface area contributed by atoms with Crippen molar-refractivity contribution in [1.82, 2.24) is 0 Å². The zero-order valence-corrected chi connectivity index (χ0v) is 37.9. The first kappa shape index (κ1) is 54.1. The van der Waals surface area contributed by atoms with Crippen molar-refractivity contribution in [2.24, 2.45) is 0 Å². The molecule has 0 radical (unpaired) electrons. The van der Waals surface area contributed by atoms with E-state index < -0.39 is 165 Å². The van der Waals surface area contributed by atoms with Gasteiger partial charge in [-0.25, -0.2) is 0 Å². The molecular formula is C46H51O27+. The molecule has 3 fully saturated rings. The molecule has 5 aliphatic rings. The summed E-state index contributed by atoms with van der Waals surface area (Å²) in [6.45, 7) is -2.28. The van der Waals surface area contributed by atoms with Crippen LogP contribution in [0.2, 0.25) is 0 Å². The Labute approximate surface area is 410 Å². The Kier molecular flexibility index (Phi) is 17.1. The van der Waals surface area contributed by atoms with Crippen LogP contribution in [0.25, 0.3) is 28.7 Å². The van der Waals surface area contributed by atoms with Crippen molar-refractivity contribution in [3.8, 4) is 57.1 Å². The Bertz CT molecular complexity index is 2650. The molecule has 396 valence electrons. The predicted octanol–water partition coefficient (Wildman–Crippen LogP) is -3.37. The fourth-order valence-corrected chi connectivity index (χ4v) is 7.65. The van der Waals surface area contributed by atoms with Crippen molar-refractivity contribution in [2.75, 3.05) is 26.9 Å². The number of hydrogen-bond donors (Lipinski definition) is 13. The van der Waals surface area contributed by atoms with Crippen LogP contribution in [0.15, 0.2) is 69.9 Å². The van der Waals surface area contributed by atoms with Gasteiger partial charge in [0.15, 0.2) is 46.0 Å². The summed E-state index contributed by atoms with van der Waals surface area (Å²) < 4.78 is 55.6. The topological polar surface area (TPSA) is 432 Å². The van der Waals surface area contributed by atoms with Crippen molar-refractivity contribution in [1.29, 1.82) is 0 Å². The van der Waals surface area contributed by atoms with Crippen LogP contribution in [0.5, 0.6) is 34.5 Å². The van der Waals surface area contributed by atoms with Gasteiger partial charge < -0.3 is 118 Å². The normalized spacial score (nSPS) is 30.4. The SMILES string of the molecule is COc1cc(C=CC(=[OH+])OC[C@@H]2O[C@@H](Oc3cc4oc(-c5ccc(O)c(O[C@@H]6O[C@@H](CO)[C@H](O)[C@H](O)[C@@H]6O)c5)c(O[C@@H]5O[C@H](COC(=O)CC(=O)O)[C@H](O)[C@H](O)[C@H]5O)cc-4c(=O)c3)[C@@H](O)[C@@H](O)[C@H]2O)ccc1O. The fraction of sp³-hybridized carbons (Fsp3) is 0.435. The maximum Gasteiger partial charge on any atom is 0.510 e. The number of carbonyl (C=O) groups excluding carboxylic acids is 2. The molecule has 73 heavy (non-hydrogen) atoms. The van der Waals surface area contributed by atoms with Gasteiger partial charge in [0.05, 0.1) is 25.4 Å². The fourth-order valence-electron chi connectivity index (χ4n) is 7.65. The van der Waals surface area contributed by atoms with Crippen LogP contribution < -0.4 is 24.4 Å². The number of aromatic hydroxyl groups is 2. The summed E-state index contributed by atoms with van der Waals surface area (Å²) >= 11 is 0. The number of carboxylic acids is 1. The second-order valence-corrected chi connectivity index (χ2v) is 16.7. The monoisotopic (exact) mass is 1040 g/mol. The number of aliphatic hydroxyl groups is 10. The van der Waals surface area contributed by atoms with Crippen molar-refractivity contribution >= 4 is 24.0 Å². The Balaban J connectivity index is 1.19. The zero-order chi connectivity index (χ0) is 53.0. The summed E-state index contributed by atoms with van der Waals surface area (Å²) in [6, 6.07) is 10.7. The van der Waals surface area contributed by atoms with Gasteiger partial charge in [-0.15, -0.1) is 0 Å². The van der Waals surface area contributed by atoms with Gasteiger partial charge in [0.25, 0.3) is 0 Å². The number of aliphatic hydroxyl groups excluding tert-OH is 10. The molecule has 0 aromatic heterocycles. The number of methoxy groups -OCH3 is 1. The summed E-state index contributed by atoms with van der Waals surface area (Å²) in [5.74, 6) is -6.06. The van der Waals surface area contributed by atoms with Crippen LogP contribution in [-0.2, 0) is 33.3 Å². The molecule has 2 aromatic carbocycles. The number of carbonyl (C=O) groups is 2. The molecule has 15 atom stereocenters. The molecule has 0 amide bonds. The molecule has 0 saturated carbocycles. The van der Waals surface area contributed by atoms with Crippen LogP contribution in [0.4, 0.5) is 0 Å². The molecule has 2 aromatic rings. The second kappa shape index (κ2) is 23.0. The van der Waals surface area contributed by atoms with E-state index in [0.29, 0.717) is 5.56 Å². The van der Waals surface area contributed by atoms with Crippen LogP contribution >= 0.6 is 0 Å². The zero-order valence-electron chi connectivity index (χ0n) is 37.9. The van der Waals surface area contributed by atoms with Crippen LogP contribution in [0.3, 0.4) is 0 Å². The number of aliphatic carboxylic acids is 1. The second-order valence-electron chi connectivity index (χ2n) is 16.7. The van der Waals surface area contributed by atoms with E-state index in [1.54, 1.807) is 0 Å². The van der Waals surface area contributed by atoms with Gasteiger partial charge in [-0.05, 0) is 48.0 Å². The van der Waals surface area contributed by atoms with Crippen LogP contribution in [-0.4, -0.2) is 208 Å². The summed E-state index contributed by atoms with van der Waals surface area (Å²) in [5, 5.41) is 135. The van der Waals surface area contributed by atoms with E-state index in [1.807, 2.05) is 0 Å². The summed E-state index contributed by atoms with van der Waals surface area (Å²) in [4.78, 5) is 47.2. The highest BCUT2D eigenvalue weighted by Gasteiger charge is 2.49. The maximum atomic E-state index is 13.8. The molecule has 27 heteroatoms. The van der Waals surface area contributed by atoms with Crippen molar-refractivity contribution in [3.05, 3.63) is 76.5 Å². The van der Waals surface area contributed by atoms with Gasteiger partial charge in [0.2, 0.25) is 25.5 Å². The average Bonchev–Trinajstić information content (AvgIpc) is 3.36. The van der Waals surface area contributed by atoms with E-state index >= 15 is 0 Å². The molecule has 14 N–H and O–H groups in total. The smallest absolute Gasteiger partial charge is 0.504 e. The third-order valence-electron chi connectivity index (χ3n) is 11.7. The lowest BCUT2D eigenvalue weighted by molar-refractivity contribution is -0.278. The highest BCUT2D eigenvalue weighted by atomic mass is 16.7. The number of ether oxygens (including phenoxy) is 9. The lowest BCUT2D eigenvalue weighted by atomic mass is 9.99. The number of phenolic OH excluding ortho intramolecular Hbond substituents is 2. The first-order chi connectivity index (χ1) is 34.7. The van der Waals surface area contributed by atoms with Gasteiger partial charge in [-0.3, -0.25) is 14.4 Å². The van der Waals surface area contributed by atoms with Gasteiger partial charge in [-0.1, -0.05) is 6.07 Å². The van der Waals surface area contributed by atoms with Gasteiger partial charge in [0, 0.05) is 17.7 Å². The van der Waals surface area contributed by atoms with E-state index in [2.05, 4.69) is 0 Å². The lowest BCUT2D eigenvalue weighted by Gasteiger charge is -2.40. The third kappa shape index (κ3) is 12.2. The molecule has 7 rings (SSSR count). The molecule has 0 bridgehead atoms. The molecule has 0 spiro atoms. The molecular weight excluding hydrogens is 984 g/mol. The van der Waals surface area contributed by atoms with E-state index in [0.717, 1.165) is 36.4 Å². The largest absolute Gasteiger partial charge is 0.510 e. The number of hydrogen-bond acceptors (Lipinski definition) is 25. The number of carboxylic acid groups (broad SMARTS) is 1. The number of fused-ring (bicyclic) bond motifs is 1. The summed E-state index contributed by atoms with van der Waals surface area (Å²) in [6.07, 6.45) is -26.0. The molecule has 3 saturated heterocycles. The standard InChI is InChI=1S/C46H50O27/c1-64-25-8-17(2-5-21(25)48)3-7-32(53)65-15-29-35(56)38(59)40(61)44(72-29)67-19-10-23(50)20-12-27(70-46-42(63)39(60)36(57)30(73-46)16-66-33(54)13-31(51)52)43(68-24(20)11-19)18-4-6-22(49)26(9-18)69-45-41(62)37(58)34(55)28(14-47)71-45/h2-12,28-30,34-42,44-49,55-63H,13-16H2,1H3,(H,51,52)/p+1/t28-,29-,30+,34-,35-,36-,37-,38-,39-,40-,41-,42+,44+,45+,46+/m0/s1. The highest BCUT2D eigenvalue weighted by molar-refractivity contribution is 5.90. The van der Waals surface area contributed by atoms with Crippen LogP contribution in [0, 0.1) is 0 Å². The first-order valence-electron chi connectivity index (χ1n) is 21.9. The number of phenols is 2. The summed E-state index contributed by atoms with van der Waals surface area (Å²) in [7, 11) is 1.34. The van der Waals surface area contributed by atoms with Gasteiger partial charge >= 0.3 is 17.9 Å². The number of rotatable bonds is 17. The van der Waals surface area contributed by atoms with E-state index in [1.165, 1.54) is 37.5 Å². The van der Waals surface area contributed by atoms with E-state index in [4.69, 9.17) is 52.2 Å². The molecule has 27 nitrogen and oxygen atoms in total. The van der Waals surface area contributed by atoms with Crippen molar-refractivity contribution < 1.29 is 128 Å². The Morgan fingerprint density at radius 1 is 0.644 bits per heavy atom. The predicted molar refractivity (Wildman–Crippen MR) is 238 cm³/mol. The third-order valence-corrected chi connectivity index (χ3v) is 11.7. The average molecular weight is 1040 g/mol. The Morgan fingerprint density at radius 3 is 1.79 bits per heavy atom. The van der Waals surface area contributed by atoms with Crippen molar-refractivity contribution in [2.45, 2.75) is 98.5 Å². The van der Waals surface area contributed by atoms with Gasteiger partial charge in [0.1, 0.15) is 91.7 Å². The molecule has 0 unspecified atom stereocenters. The van der Waals surface area contributed by atoms with Gasteiger partial charge in [-0.2, -0.15) is 0 Å². The van der Waals surface area contributed by atoms with Crippen molar-refractivity contribution in [3.63, 3.8) is 0 Å². The summed E-state index contributed by atoms with van der Waals surface area (Å²) in [5.41, 5.74) is -0.789. The molecule has 4 heterocycles. The minimum absolute atomic E-state index is 0.109. The maximum absolute atomic E-state index is 13.8.